The number of aliphatic hydroxyl groups is 8. The summed E-state index contributed by atoms with van der Waals surface area (Å²) >= 11 is 0. The largest absolute Gasteiger partial charge is 0.394 e. The molecule has 0 aromatic rings. The van der Waals surface area contributed by atoms with Crippen molar-refractivity contribution in [1.29, 1.82) is 0 Å². The van der Waals surface area contributed by atoms with Crippen LogP contribution in [0.25, 0.3) is 0 Å². The van der Waals surface area contributed by atoms with Gasteiger partial charge in [-0.1, -0.05) is 0 Å². The van der Waals surface area contributed by atoms with Crippen LogP contribution in [-0.2, 0) is 14.2 Å². The normalized spacial score (nSPS) is 51.7. The van der Waals surface area contributed by atoms with Crippen LogP contribution in [0.4, 0.5) is 0 Å². The first-order valence-corrected chi connectivity index (χ1v) is 7.07. The highest BCUT2D eigenvalue weighted by molar-refractivity contribution is 4.91. The monoisotopic (exact) mass is 342 g/mol. The molecule has 23 heavy (non-hydrogen) atoms. The third kappa shape index (κ3) is 3.81. The standard InChI is InChI=1S/C12H22O11/c13-1-3-5(14)8(17)10(19)12(23-3)21-2-4-6(15)7(16)9(18)11(20)22-4/h3-20H,1-2H2/t3-,4-,5+,6-,7+,8+,9-,10-,11-,12-/m1/s1. The summed E-state index contributed by atoms with van der Waals surface area (Å²) in [6.45, 7) is -1.10. The van der Waals surface area contributed by atoms with Crippen molar-refractivity contribution >= 4 is 0 Å². The molecule has 0 aromatic heterocycles. The SMILES string of the molecule is OC[C@H]1O[C@@H](OC[C@H]2O[C@@H](O)[C@H](O)[C@@H](O)[C@@H]2O)[C@H](O)[C@@H](O)[C@H]1O. The highest BCUT2D eigenvalue weighted by Crippen LogP contribution is 2.24. The third-order valence-electron chi connectivity index (χ3n) is 3.96. The second-order valence-electron chi connectivity index (χ2n) is 5.57. The van der Waals surface area contributed by atoms with Gasteiger partial charge in [-0.3, -0.25) is 0 Å². The van der Waals surface area contributed by atoms with Crippen molar-refractivity contribution in [3.8, 4) is 0 Å². The average Bonchev–Trinajstić information content (AvgIpc) is 2.54. The molecule has 11 nitrogen and oxygen atoms in total. The Kier molecular flexibility index (Phi) is 6.27. The van der Waals surface area contributed by atoms with E-state index in [4.69, 9.17) is 19.3 Å². The quantitative estimate of drug-likeness (QED) is 0.243. The topological polar surface area (TPSA) is 190 Å². The maximum atomic E-state index is 9.78. The van der Waals surface area contributed by atoms with Crippen LogP contribution in [0.2, 0.25) is 0 Å². The molecule has 2 heterocycles. The van der Waals surface area contributed by atoms with E-state index in [-0.39, 0.29) is 0 Å². The smallest absolute Gasteiger partial charge is 0.186 e. The van der Waals surface area contributed by atoms with Crippen LogP contribution in [0.15, 0.2) is 0 Å². The first-order chi connectivity index (χ1) is 10.8. The lowest BCUT2D eigenvalue weighted by atomic mass is 9.98. The lowest BCUT2D eigenvalue weighted by Gasteiger charge is -2.41. The molecule has 0 radical (unpaired) electrons. The number of hydrogen-bond acceptors (Lipinski definition) is 11. The van der Waals surface area contributed by atoms with Crippen LogP contribution in [-0.4, -0.2) is 115 Å². The van der Waals surface area contributed by atoms with Gasteiger partial charge in [0, 0.05) is 0 Å². The van der Waals surface area contributed by atoms with Gasteiger partial charge in [-0.25, -0.2) is 0 Å². The van der Waals surface area contributed by atoms with Gasteiger partial charge < -0.3 is 55.1 Å². The van der Waals surface area contributed by atoms with Crippen LogP contribution in [0.5, 0.6) is 0 Å². The molecule has 2 aliphatic rings. The summed E-state index contributed by atoms with van der Waals surface area (Å²) in [4.78, 5) is 0. The summed E-state index contributed by atoms with van der Waals surface area (Å²) < 4.78 is 15.1. The predicted octanol–water partition coefficient (Wildman–Crippen LogP) is -5.40. The van der Waals surface area contributed by atoms with Gasteiger partial charge in [0.2, 0.25) is 0 Å². The zero-order valence-electron chi connectivity index (χ0n) is 12.0. The summed E-state index contributed by atoms with van der Waals surface area (Å²) in [5.41, 5.74) is 0. The van der Waals surface area contributed by atoms with Gasteiger partial charge in [-0.15, -0.1) is 0 Å². The summed E-state index contributed by atoms with van der Waals surface area (Å²) in [6.07, 6.45) is -15.3. The van der Waals surface area contributed by atoms with E-state index in [0.717, 1.165) is 0 Å². The predicted molar refractivity (Wildman–Crippen MR) is 68.6 cm³/mol. The Bertz CT molecular complexity index is 380. The number of ether oxygens (including phenoxy) is 3. The highest BCUT2D eigenvalue weighted by Gasteiger charge is 2.46. The molecule has 0 amide bonds. The maximum absolute atomic E-state index is 9.78. The van der Waals surface area contributed by atoms with E-state index in [2.05, 4.69) is 0 Å². The van der Waals surface area contributed by atoms with E-state index in [0.29, 0.717) is 0 Å². The first kappa shape index (κ1) is 18.9. The molecule has 8 N–H and O–H groups in total. The van der Waals surface area contributed by atoms with Gasteiger partial charge in [-0.2, -0.15) is 0 Å². The molecule has 0 bridgehead atoms. The van der Waals surface area contributed by atoms with Gasteiger partial charge in [-0.05, 0) is 0 Å². The Morgan fingerprint density at radius 3 is 1.83 bits per heavy atom. The van der Waals surface area contributed by atoms with Gasteiger partial charge >= 0.3 is 0 Å². The fraction of sp³-hybridized carbons (Fsp3) is 1.00. The minimum absolute atomic E-state index is 0.468. The van der Waals surface area contributed by atoms with E-state index < -0.39 is 74.6 Å². The molecule has 2 rings (SSSR count). The van der Waals surface area contributed by atoms with Crippen molar-refractivity contribution in [3.63, 3.8) is 0 Å². The second kappa shape index (κ2) is 7.63. The van der Waals surface area contributed by atoms with Crippen LogP contribution in [0.1, 0.15) is 0 Å². The minimum Gasteiger partial charge on any atom is -0.394 e. The Labute approximate surface area is 130 Å². The molecular formula is C12H22O11. The number of hydrogen-bond donors (Lipinski definition) is 8. The summed E-state index contributed by atoms with van der Waals surface area (Å²) in [7, 11) is 0. The molecule has 11 heteroatoms. The zero-order valence-corrected chi connectivity index (χ0v) is 12.0. The Balaban J connectivity index is 1.94. The van der Waals surface area contributed by atoms with Gasteiger partial charge in [0.15, 0.2) is 12.6 Å². The van der Waals surface area contributed by atoms with Crippen molar-refractivity contribution in [2.45, 2.75) is 61.4 Å². The zero-order chi connectivity index (χ0) is 17.3. The van der Waals surface area contributed by atoms with Gasteiger partial charge in [0.1, 0.15) is 48.8 Å². The van der Waals surface area contributed by atoms with Crippen LogP contribution in [0.3, 0.4) is 0 Å². The maximum Gasteiger partial charge on any atom is 0.186 e. The molecule has 0 saturated carbocycles. The molecule has 136 valence electrons. The van der Waals surface area contributed by atoms with E-state index in [1.165, 1.54) is 0 Å². The van der Waals surface area contributed by atoms with E-state index in [9.17, 15) is 35.7 Å². The van der Waals surface area contributed by atoms with E-state index in [1.54, 1.807) is 0 Å². The highest BCUT2D eigenvalue weighted by atomic mass is 16.7. The van der Waals surface area contributed by atoms with Crippen LogP contribution in [0, 0.1) is 0 Å². The number of rotatable bonds is 4. The lowest BCUT2D eigenvalue weighted by Crippen LogP contribution is -2.61. The van der Waals surface area contributed by atoms with Crippen LogP contribution < -0.4 is 0 Å². The average molecular weight is 342 g/mol. The van der Waals surface area contributed by atoms with Gasteiger partial charge in [0.05, 0.1) is 13.2 Å². The lowest BCUT2D eigenvalue weighted by molar-refractivity contribution is -0.325. The molecule has 0 aromatic carbocycles. The van der Waals surface area contributed by atoms with E-state index >= 15 is 0 Å². The molecule has 10 atom stereocenters. The molecule has 2 saturated heterocycles. The van der Waals surface area contributed by atoms with Crippen molar-refractivity contribution < 1.29 is 55.1 Å². The Morgan fingerprint density at radius 2 is 1.22 bits per heavy atom. The molecule has 0 aliphatic carbocycles. The second-order valence-corrected chi connectivity index (χ2v) is 5.57. The minimum atomic E-state index is -1.74. The van der Waals surface area contributed by atoms with Crippen molar-refractivity contribution in [1.82, 2.24) is 0 Å². The summed E-state index contributed by atoms with van der Waals surface area (Å²) in [5, 5.41) is 76.1. The summed E-state index contributed by atoms with van der Waals surface area (Å²) in [5.74, 6) is 0. The molecular weight excluding hydrogens is 320 g/mol. The Morgan fingerprint density at radius 1 is 0.652 bits per heavy atom. The van der Waals surface area contributed by atoms with Crippen LogP contribution >= 0.6 is 0 Å². The molecule has 0 spiro atoms. The molecule has 2 fully saturated rings. The fourth-order valence-electron chi connectivity index (χ4n) is 2.46. The fourth-order valence-corrected chi connectivity index (χ4v) is 2.46. The van der Waals surface area contributed by atoms with E-state index in [1.807, 2.05) is 0 Å². The summed E-state index contributed by atoms with van der Waals surface area (Å²) in [6, 6.07) is 0. The van der Waals surface area contributed by atoms with Crippen molar-refractivity contribution in [2.24, 2.45) is 0 Å². The first-order valence-electron chi connectivity index (χ1n) is 7.07. The third-order valence-corrected chi connectivity index (χ3v) is 3.96. The number of aliphatic hydroxyl groups excluding tert-OH is 8. The Hall–Kier alpha value is -0.440. The van der Waals surface area contributed by atoms with Crippen molar-refractivity contribution in [2.75, 3.05) is 13.2 Å². The van der Waals surface area contributed by atoms with Crippen molar-refractivity contribution in [3.05, 3.63) is 0 Å². The molecule has 2 aliphatic heterocycles. The van der Waals surface area contributed by atoms with Gasteiger partial charge in [0.25, 0.3) is 0 Å². The molecule has 0 unspecified atom stereocenters.